The van der Waals surface area contributed by atoms with Gasteiger partial charge in [-0.2, -0.15) is 5.26 Å². The Balaban J connectivity index is 2.21. The van der Waals surface area contributed by atoms with Crippen molar-refractivity contribution in [3.63, 3.8) is 0 Å². The van der Waals surface area contributed by atoms with Crippen LogP contribution < -0.4 is 10.0 Å². The van der Waals surface area contributed by atoms with Crippen LogP contribution in [0.25, 0.3) is 0 Å². The van der Waals surface area contributed by atoms with E-state index in [1.807, 2.05) is 6.07 Å². The van der Waals surface area contributed by atoms with Crippen LogP contribution in [0.15, 0.2) is 23.1 Å². The first-order valence-corrected chi connectivity index (χ1v) is 7.82. The molecule has 1 unspecified atom stereocenters. The molecule has 19 heavy (non-hydrogen) atoms. The van der Waals surface area contributed by atoms with Crippen molar-refractivity contribution in [2.75, 3.05) is 13.1 Å². The second-order valence-corrected chi connectivity index (χ2v) is 6.54. The smallest absolute Gasteiger partial charge is 0.240 e. The normalized spacial score (nSPS) is 19.9. The van der Waals surface area contributed by atoms with Crippen LogP contribution in [0.2, 0.25) is 5.02 Å². The zero-order valence-electron chi connectivity index (χ0n) is 10.2. The van der Waals surface area contributed by atoms with Crippen molar-refractivity contribution in [2.45, 2.75) is 23.8 Å². The van der Waals surface area contributed by atoms with Gasteiger partial charge in [0.25, 0.3) is 0 Å². The van der Waals surface area contributed by atoms with Crippen molar-refractivity contribution >= 4 is 21.6 Å². The molecule has 1 heterocycles. The third-order valence-corrected chi connectivity index (χ3v) is 4.84. The first-order valence-electron chi connectivity index (χ1n) is 5.95. The predicted molar refractivity (Wildman–Crippen MR) is 72.4 cm³/mol. The summed E-state index contributed by atoms with van der Waals surface area (Å²) in [5.41, 5.74) is 0.159. The van der Waals surface area contributed by atoms with E-state index in [2.05, 4.69) is 10.0 Å². The molecule has 2 rings (SSSR count). The van der Waals surface area contributed by atoms with Gasteiger partial charge in [0.1, 0.15) is 6.07 Å². The lowest BCUT2D eigenvalue weighted by Gasteiger charge is -2.23. The summed E-state index contributed by atoms with van der Waals surface area (Å²) in [4.78, 5) is 0.0685. The van der Waals surface area contributed by atoms with Crippen LogP contribution in [0.4, 0.5) is 0 Å². The van der Waals surface area contributed by atoms with Crippen LogP contribution >= 0.6 is 11.6 Å². The minimum atomic E-state index is -3.61. The predicted octanol–water partition coefficient (Wildman–Crippen LogP) is 1.24. The lowest BCUT2D eigenvalue weighted by atomic mass is 10.1. The number of benzene rings is 1. The first-order chi connectivity index (χ1) is 9.03. The van der Waals surface area contributed by atoms with Gasteiger partial charge in [-0.25, -0.2) is 13.1 Å². The average molecular weight is 300 g/mol. The van der Waals surface area contributed by atoms with Crippen molar-refractivity contribution < 1.29 is 8.42 Å². The molecule has 1 aliphatic heterocycles. The maximum atomic E-state index is 12.2. The molecular formula is C12H14ClN3O2S. The highest BCUT2D eigenvalue weighted by Gasteiger charge is 2.22. The third kappa shape index (κ3) is 3.45. The SMILES string of the molecule is N#Cc1cc(S(=O)(=O)NC2CCCNC2)ccc1Cl. The maximum Gasteiger partial charge on any atom is 0.240 e. The van der Waals surface area contributed by atoms with Crippen LogP contribution in [0.1, 0.15) is 18.4 Å². The van der Waals surface area contributed by atoms with Gasteiger partial charge >= 0.3 is 0 Å². The van der Waals surface area contributed by atoms with Gasteiger partial charge in [0.15, 0.2) is 0 Å². The lowest BCUT2D eigenvalue weighted by molar-refractivity contribution is 0.428. The molecular weight excluding hydrogens is 286 g/mol. The quantitative estimate of drug-likeness (QED) is 0.880. The summed E-state index contributed by atoms with van der Waals surface area (Å²) < 4.78 is 27.0. The zero-order chi connectivity index (χ0) is 13.9. The Morgan fingerprint density at radius 2 is 2.26 bits per heavy atom. The van der Waals surface area contributed by atoms with Crippen LogP contribution in [0.3, 0.4) is 0 Å². The Bertz CT molecular complexity index is 604. The molecule has 1 saturated heterocycles. The number of halogens is 1. The van der Waals surface area contributed by atoms with E-state index in [1.165, 1.54) is 18.2 Å². The number of piperidine rings is 1. The minimum absolute atomic E-state index is 0.0685. The molecule has 0 aliphatic carbocycles. The lowest BCUT2D eigenvalue weighted by Crippen LogP contribution is -2.45. The number of nitrogens with zero attached hydrogens (tertiary/aromatic N) is 1. The van der Waals surface area contributed by atoms with Crippen LogP contribution in [0.5, 0.6) is 0 Å². The molecule has 0 aromatic heterocycles. The largest absolute Gasteiger partial charge is 0.315 e. The van der Waals surface area contributed by atoms with Gasteiger partial charge in [0.05, 0.1) is 15.5 Å². The second kappa shape index (κ2) is 5.88. The Labute approximate surface area is 117 Å². The summed E-state index contributed by atoms with van der Waals surface area (Å²) in [6.45, 7) is 1.54. The van der Waals surface area contributed by atoms with Gasteiger partial charge < -0.3 is 5.32 Å². The molecule has 5 nitrogen and oxygen atoms in total. The molecule has 0 amide bonds. The number of rotatable bonds is 3. The van der Waals surface area contributed by atoms with Gasteiger partial charge in [0, 0.05) is 12.6 Å². The second-order valence-electron chi connectivity index (χ2n) is 4.42. The van der Waals surface area contributed by atoms with Crippen molar-refractivity contribution in [3.8, 4) is 6.07 Å². The van der Waals surface area contributed by atoms with Crippen LogP contribution in [0, 0.1) is 11.3 Å². The summed E-state index contributed by atoms with van der Waals surface area (Å²) >= 11 is 5.79. The molecule has 1 atom stereocenters. The fraction of sp³-hybridized carbons (Fsp3) is 0.417. The van der Waals surface area contributed by atoms with E-state index in [9.17, 15) is 8.42 Å². The van der Waals surface area contributed by atoms with Crippen molar-refractivity contribution in [3.05, 3.63) is 28.8 Å². The Morgan fingerprint density at radius 1 is 1.47 bits per heavy atom. The molecule has 1 fully saturated rings. The molecule has 1 aliphatic rings. The molecule has 0 bridgehead atoms. The van der Waals surface area contributed by atoms with Gasteiger partial charge in [0.2, 0.25) is 10.0 Å². The van der Waals surface area contributed by atoms with E-state index in [4.69, 9.17) is 16.9 Å². The molecule has 0 radical (unpaired) electrons. The summed E-state index contributed by atoms with van der Waals surface area (Å²) in [7, 11) is -3.61. The summed E-state index contributed by atoms with van der Waals surface area (Å²) in [6, 6.07) is 5.89. The van der Waals surface area contributed by atoms with Crippen molar-refractivity contribution in [1.29, 1.82) is 5.26 Å². The van der Waals surface area contributed by atoms with E-state index < -0.39 is 10.0 Å². The molecule has 102 valence electrons. The topological polar surface area (TPSA) is 82.0 Å². The van der Waals surface area contributed by atoms with E-state index in [1.54, 1.807) is 0 Å². The first kappa shape index (κ1) is 14.3. The van der Waals surface area contributed by atoms with Crippen molar-refractivity contribution in [2.24, 2.45) is 0 Å². The number of nitriles is 1. The molecule has 1 aromatic rings. The number of sulfonamides is 1. The number of hydrogen-bond acceptors (Lipinski definition) is 4. The standard InChI is InChI=1S/C12H14ClN3O2S/c13-12-4-3-11(6-9(12)7-14)19(17,18)16-10-2-1-5-15-8-10/h3-4,6,10,15-16H,1-2,5,8H2. The Kier molecular flexibility index (Phi) is 4.42. The van der Waals surface area contributed by atoms with E-state index in [0.29, 0.717) is 6.54 Å². The van der Waals surface area contributed by atoms with Crippen LogP contribution in [-0.4, -0.2) is 27.5 Å². The van der Waals surface area contributed by atoms with Crippen molar-refractivity contribution in [1.82, 2.24) is 10.0 Å². The van der Waals surface area contributed by atoms with Gasteiger partial charge in [-0.15, -0.1) is 0 Å². The zero-order valence-corrected chi connectivity index (χ0v) is 11.8. The van der Waals surface area contributed by atoms with E-state index in [0.717, 1.165) is 19.4 Å². The average Bonchev–Trinajstić information content (AvgIpc) is 2.39. The maximum absolute atomic E-state index is 12.2. The van der Waals surface area contributed by atoms with E-state index >= 15 is 0 Å². The molecule has 0 saturated carbocycles. The summed E-state index contributed by atoms with van der Waals surface area (Å²) in [5, 5.41) is 12.3. The fourth-order valence-corrected chi connectivity index (χ4v) is 3.45. The number of nitrogens with one attached hydrogen (secondary N) is 2. The van der Waals surface area contributed by atoms with Crippen LogP contribution in [-0.2, 0) is 10.0 Å². The fourth-order valence-electron chi connectivity index (χ4n) is 2.00. The van der Waals surface area contributed by atoms with E-state index in [-0.39, 0.29) is 21.5 Å². The Hall–Kier alpha value is -1.13. The molecule has 2 N–H and O–H groups in total. The van der Waals surface area contributed by atoms with Gasteiger partial charge in [-0.05, 0) is 37.6 Å². The molecule has 1 aromatic carbocycles. The minimum Gasteiger partial charge on any atom is -0.315 e. The molecule has 0 spiro atoms. The summed E-state index contributed by atoms with van der Waals surface area (Å²) in [6.07, 6.45) is 1.75. The molecule has 7 heteroatoms. The highest BCUT2D eigenvalue weighted by Crippen LogP contribution is 2.20. The highest BCUT2D eigenvalue weighted by molar-refractivity contribution is 7.89. The highest BCUT2D eigenvalue weighted by atomic mass is 35.5. The van der Waals surface area contributed by atoms with Gasteiger partial charge in [-0.3, -0.25) is 0 Å². The third-order valence-electron chi connectivity index (χ3n) is 2.99. The number of hydrogen-bond donors (Lipinski definition) is 2. The van der Waals surface area contributed by atoms with Gasteiger partial charge in [-0.1, -0.05) is 11.6 Å². The summed E-state index contributed by atoms with van der Waals surface area (Å²) in [5.74, 6) is 0. The monoisotopic (exact) mass is 299 g/mol. The Morgan fingerprint density at radius 3 is 2.89 bits per heavy atom.